The number of benzene rings is 2. The van der Waals surface area contributed by atoms with Crippen molar-refractivity contribution in [2.75, 3.05) is 11.9 Å². The molecule has 0 bridgehead atoms. The SMILES string of the molecule is CCNc1c(-c2ccccc2C)nc2c3cccc(O)c3ccn12. The molecule has 4 heteroatoms. The molecule has 0 aliphatic heterocycles. The maximum Gasteiger partial charge on any atom is 0.147 e. The van der Waals surface area contributed by atoms with Crippen LogP contribution in [-0.4, -0.2) is 21.0 Å². The Morgan fingerprint density at radius 3 is 2.67 bits per heavy atom. The van der Waals surface area contributed by atoms with Gasteiger partial charge in [0, 0.05) is 29.1 Å². The van der Waals surface area contributed by atoms with Gasteiger partial charge in [0.1, 0.15) is 22.9 Å². The molecule has 0 saturated heterocycles. The van der Waals surface area contributed by atoms with Crippen molar-refractivity contribution in [3.8, 4) is 17.0 Å². The first-order valence-corrected chi connectivity index (χ1v) is 8.13. The van der Waals surface area contributed by atoms with Crippen molar-refractivity contribution in [3.63, 3.8) is 0 Å². The summed E-state index contributed by atoms with van der Waals surface area (Å²) in [6.45, 7) is 4.98. The van der Waals surface area contributed by atoms with Crippen LogP contribution >= 0.6 is 0 Å². The summed E-state index contributed by atoms with van der Waals surface area (Å²) >= 11 is 0. The van der Waals surface area contributed by atoms with E-state index in [1.165, 1.54) is 5.56 Å². The number of hydrogen-bond acceptors (Lipinski definition) is 3. The van der Waals surface area contributed by atoms with E-state index in [1.807, 2.05) is 36.5 Å². The average molecular weight is 317 g/mol. The van der Waals surface area contributed by atoms with Gasteiger partial charge < -0.3 is 10.4 Å². The van der Waals surface area contributed by atoms with Gasteiger partial charge in [0.15, 0.2) is 0 Å². The third kappa shape index (κ3) is 2.11. The van der Waals surface area contributed by atoms with Crippen molar-refractivity contribution >= 4 is 22.2 Å². The van der Waals surface area contributed by atoms with E-state index in [0.29, 0.717) is 0 Å². The van der Waals surface area contributed by atoms with Crippen molar-refractivity contribution in [2.24, 2.45) is 0 Å². The molecular weight excluding hydrogens is 298 g/mol. The van der Waals surface area contributed by atoms with Crippen LogP contribution < -0.4 is 5.32 Å². The highest BCUT2D eigenvalue weighted by Gasteiger charge is 2.17. The molecule has 0 radical (unpaired) electrons. The van der Waals surface area contributed by atoms with E-state index in [4.69, 9.17) is 4.98 Å². The van der Waals surface area contributed by atoms with E-state index in [9.17, 15) is 5.11 Å². The second kappa shape index (κ2) is 5.57. The second-order valence-electron chi connectivity index (χ2n) is 5.90. The van der Waals surface area contributed by atoms with Crippen LogP contribution in [0.3, 0.4) is 0 Å². The van der Waals surface area contributed by atoms with Gasteiger partial charge in [-0.25, -0.2) is 4.98 Å². The molecule has 0 saturated carbocycles. The summed E-state index contributed by atoms with van der Waals surface area (Å²) in [6.07, 6.45) is 1.96. The van der Waals surface area contributed by atoms with E-state index in [2.05, 4.69) is 35.7 Å². The summed E-state index contributed by atoms with van der Waals surface area (Å²) in [6, 6.07) is 15.7. The maximum absolute atomic E-state index is 10.1. The van der Waals surface area contributed by atoms with Crippen LogP contribution in [0.4, 0.5) is 5.82 Å². The fraction of sp³-hybridized carbons (Fsp3) is 0.150. The summed E-state index contributed by atoms with van der Waals surface area (Å²) in [4.78, 5) is 4.92. The minimum absolute atomic E-state index is 0.278. The van der Waals surface area contributed by atoms with Crippen LogP contribution in [0, 0.1) is 6.92 Å². The van der Waals surface area contributed by atoms with Crippen molar-refractivity contribution < 1.29 is 5.11 Å². The first-order chi connectivity index (χ1) is 11.7. The first kappa shape index (κ1) is 14.6. The molecule has 0 aliphatic carbocycles. The Morgan fingerprint density at radius 2 is 1.88 bits per heavy atom. The lowest BCUT2D eigenvalue weighted by molar-refractivity contribution is 0.481. The molecule has 24 heavy (non-hydrogen) atoms. The van der Waals surface area contributed by atoms with Gasteiger partial charge in [0.05, 0.1) is 0 Å². The number of aromatic nitrogens is 2. The monoisotopic (exact) mass is 317 g/mol. The highest BCUT2D eigenvalue weighted by molar-refractivity contribution is 5.99. The minimum atomic E-state index is 0.278. The molecular formula is C20H19N3O. The third-order valence-corrected chi connectivity index (χ3v) is 4.37. The van der Waals surface area contributed by atoms with Gasteiger partial charge in [-0.1, -0.05) is 36.4 Å². The molecule has 0 amide bonds. The standard InChI is InChI=1S/C20H19N3O/c1-3-21-20-18(14-8-5-4-7-13(14)2)22-19-16-9-6-10-17(24)15(16)11-12-23(19)20/h4-12,21,24H,3H2,1-2H3. The van der Waals surface area contributed by atoms with E-state index in [0.717, 1.165) is 40.0 Å². The van der Waals surface area contributed by atoms with Crippen LogP contribution in [0.25, 0.3) is 27.7 Å². The molecule has 0 aliphatic rings. The largest absolute Gasteiger partial charge is 0.507 e. The van der Waals surface area contributed by atoms with Crippen molar-refractivity contribution in [1.82, 2.24) is 9.38 Å². The summed E-state index contributed by atoms with van der Waals surface area (Å²) in [5, 5.41) is 15.3. The summed E-state index contributed by atoms with van der Waals surface area (Å²) in [5.41, 5.74) is 4.08. The molecule has 0 unspecified atom stereocenters. The molecule has 4 nitrogen and oxygen atoms in total. The van der Waals surface area contributed by atoms with Gasteiger partial charge in [-0.2, -0.15) is 0 Å². The molecule has 2 aromatic carbocycles. The topological polar surface area (TPSA) is 49.6 Å². The van der Waals surface area contributed by atoms with Crippen LogP contribution in [0.15, 0.2) is 54.7 Å². The Bertz CT molecular complexity index is 1050. The number of hydrogen-bond donors (Lipinski definition) is 2. The fourth-order valence-electron chi connectivity index (χ4n) is 3.20. The maximum atomic E-state index is 10.1. The van der Waals surface area contributed by atoms with Crippen LogP contribution in [0.1, 0.15) is 12.5 Å². The van der Waals surface area contributed by atoms with Crippen molar-refractivity contribution in [2.45, 2.75) is 13.8 Å². The number of imidazole rings is 1. The summed E-state index contributed by atoms with van der Waals surface area (Å²) < 4.78 is 2.06. The van der Waals surface area contributed by atoms with Crippen LogP contribution in [0.5, 0.6) is 5.75 Å². The predicted molar refractivity (Wildman–Crippen MR) is 98.7 cm³/mol. The zero-order valence-corrected chi connectivity index (χ0v) is 13.7. The van der Waals surface area contributed by atoms with Crippen molar-refractivity contribution in [3.05, 3.63) is 60.3 Å². The third-order valence-electron chi connectivity index (χ3n) is 4.37. The lowest BCUT2D eigenvalue weighted by Gasteiger charge is -2.08. The average Bonchev–Trinajstić information content (AvgIpc) is 2.95. The highest BCUT2D eigenvalue weighted by Crippen LogP contribution is 2.35. The number of nitrogens with zero attached hydrogens (tertiary/aromatic N) is 2. The van der Waals surface area contributed by atoms with Gasteiger partial charge >= 0.3 is 0 Å². The Morgan fingerprint density at radius 1 is 1.04 bits per heavy atom. The fourth-order valence-corrected chi connectivity index (χ4v) is 3.20. The molecule has 0 fully saturated rings. The molecule has 4 aromatic rings. The normalized spacial score (nSPS) is 11.2. The molecule has 4 rings (SSSR count). The number of phenolic OH excluding ortho intramolecular Hbond substituents is 1. The number of pyridine rings is 1. The highest BCUT2D eigenvalue weighted by atomic mass is 16.3. The van der Waals surface area contributed by atoms with E-state index < -0.39 is 0 Å². The van der Waals surface area contributed by atoms with Gasteiger partial charge in [-0.15, -0.1) is 0 Å². The zero-order valence-electron chi connectivity index (χ0n) is 13.7. The molecule has 0 atom stereocenters. The number of fused-ring (bicyclic) bond motifs is 3. The molecule has 2 aromatic heterocycles. The molecule has 2 N–H and O–H groups in total. The van der Waals surface area contributed by atoms with E-state index >= 15 is 0 Å². The van der Waals surface area contributed by atoms with E-state index in [1.54, 1.807) is 6.07 Å². The predicted octanol–water partition coefficient (Wildman–Crippen LogP) is 4.60. The number of anilines is 1. The zero-order chi connectivity index (χ0) is 16.7. The Balaban J connectivity index is 2.10. The number of aryl methyl sites for hydroxylation is 1. The molecule has 2 heterocycles. The smallest absolute Gasteiger partial charge is 0.147 e. The van der Waals surface area contributed by atoms with Crippen LogP contribution in [0.2, 0.25) is 0 Å². The summed E-state index contributed by atoms with van der Waals surface area (Å²) in [5.74, 6) is 1.26. The number of rotatable bonds is 3. The number of phenols is 1. The lowest BCUT2D eigenvalue weighted by Crippen LogP contribution is -2.02. The Kier molecular flexibility index (Phi) is 3.38. The van der Waals surface area contributed by atoms with Gasteiger partial charge in [0.2, 0.25) is 0 Å². The number of aromatic hydroxyl groups is 1. The second-order valence-corrected chi connectivity index (χ2v) is 5.90. The van der Waals surface area contributed by atoms with Gasteiger partial charge in [-0.3, -0.25) is 4.40 Å². The first-order valence-electron chi connectivity index (χ1n) is 8.13. The minimum Gasteiger partial charge on any atom is -0.507 e. The van der Waals surface area contributed by atoms with Crippen LogP contribution in [-0.2, 0) is 0 Å². The Hall–Kier alpha value is -3.01. The molecule has 0 spiro atoms. The van der Waals surface area contributed by atoms with Crippen molar-refractivity contribution in [1.29, 1.82) is 0 Å². The lowest BCUT2D eigenvalue weighted by atomic mass is 10.1. The van der Waals surface area contributed by atoms with Gasteiger partial charge in [0.25, 0.3) is 0 Å². The Labute approximate surface area is 140 Å². The molecule has 120 valence electrons. The van der Waals surface area contributed by atoms with E-state index in [-0.39, 0.29) is 5.75 Å². The van der Waals surface area contributed by atoms with Gasteiger partial charge in [-0.05, 0) is 31.5 Å². The number of nitrogens with one attached hydrogen (secondary N) is 1. The quantitative estimate of drug-likeness (QED) is 0.580. The summed E-state index contributed by atoms with van der Waals surface area (Å²) in [7, 11) is 0.